The van der Waals surface area contributed by atoms with Gasteiger partial charge in [0.15, 0.2) is 0 Å². The summed E-state index contributed by atoms with van der Waals surface area (Å²) in [4.78, 5) is 15.4. The first kappa shape index (κ1) is 10.7. The quantitative estimate of drug-likeness (QED) is 0.844. The molecule has 2 rings (SSSR count). The molecule has 0 unspecified atom stereocenters. The zero-order chi connectivity index (χ0) is 11.4. The molecule has 0 saturated carbocycles. The molecule has 0 radical (unpaired) electrons. The third kappa shape index (κ3) is 2.21. The summed E-state index contributed by atoms with van der Waals surface area (Å²) in [7, 11) is 0. The SMILES string of the molecule is CCC(=O)NCCn1cnc2ccccc21. The minimum atomic E-state index is 0.0874. The van der Waals surface area contributed by atoms with Crippen LogP contribution in [0.15, 0.2) is 30.6 Å². The van der Waals surface area contributed by atoms with E-state index in [0.717, 1.165) is 17.6 Å². The first-order valence-corrected chi connectivity index (χ1v) is 5.48. The lowest BCUT2D eigenvalue weighted by Crippen LogP contribution is -2.26. The van der Waals surface area contributed by atoms with Crippen molar-refractivity contribution < 1.29 is 4.79 Å². The Morgan fingerprint density at radius 3 is 3.06 bits per heavy atom. The van der Waals surface area contributed by atoms with Crippen LogP contribution in [-0.4, -0.2) is 22.0 Å². The standard InChI is InChI=1S/C12H15N3O/c1-2-12(16)13-7-8-15-9-14-10-5-3-4-6-11(10)15/h3-6,9H,2,7-8H2,1H3,(H,13,16). The van der Waals surface area contributed by atoms with Crippen LogP contribution in [0.25, 0.3) is 11.0 Å². The minimum absolute atomic E-state index is 0.0874. The van der Waals surface area contributed by atoms with Crippen molar-refractivity contribution in [3.8, 4) is 0 Å². The number of nitrogens with one attached hydrogen (secondary N) is 1. The fraction of sp³-hybridized carbons (Fsp3) is 0.333. The van der Waals surface area contributed by atoms with E-state index in [-0.39, 0.29) is 5.91 Å². The van der Waals surface area contributed by atoms with Gasteiger partial charge < -0.3 is 9.88 Å². The van der Waals surface area contributed by atoms with Crippen molar-refractivity contribution in [1.29, 1.82) is 0 Å². The van der Waals surface area contributed by atoms with Gasteiger partial charge in [-0.05, 0) is 12.1 Å². The van der Waals surface area contributed by atoms with Crippen LogP contribution in [0.1, 0.15) is 13.3 Å². The largest absolute Gasteiger partial charge is 0.354 e. The molecule has 4 heteroatoms. The first-order chi connectivity index (χ1) is 7.81. The molecule has 0 saturated heterocycles. The molecular weight excluding hydrogens is 202 g/mol. The highest BCUT2D eigenvalue weighted by Crippen LogP contribution is 2.10. The van der Waals surface area contributed by atoms with Crippen molar-refractivity contribution in [2.45, 2.75) is 19.9 Å². The molecule has 0 aliphatic rings. The Balaban J connectivity index is 2.02. The molecule has 1 aromatic heterocycles. The summed E-state index contributed by atoms with van der Waals surface area (Å²) in [6, 6.07) is 7.98. The Morgan fingerprint density at radius 2 is 2.25 bits per heavy atom. The van der Waals surface area contributed by atoms with Gasteiger partial charge in [-0.2, -0.15) is 0 Å². The van der Waals surface area contributed by atoms with E-state index < -0.39 is 0 Å². The number of aromatic nitrogens is 2. The van der Waals surface area contributed by atoms with Crippen LogP contribution in [0.3, 0.4) is 0 Å². The fourth-order valence-electron chi connectivity index (χ4n) is 1.63. The number of nitrogens with zero attached hydrogens (tertiary/aromatic N) is 2. The summed E-state index contributed by atoms with van der Waals surface area (Å²) in [6.45, 7) is 3.25. The number of hydrogen-bond acceptors (Lipinski definition) is 2. The third-order valence-electron chi connectivity index (χ3n) is 2.52. The number of para-hydroxylation sites is 2. The Labute approximate surface area is 94.3 Å². The van der Waals surface area contributed by atoms with E-state index in [9.17, 15) is 4.79 Å². The van der Waals surface area contributed by atoms with Gasteiger partial charge in [0.2, 0.25) is 5.91 Å². The highest BCUT2D eigenvalue weighted by atomic mass is 16.1. The topological polar surface area (TPSA) is 46.9 Å². The molecule has 16 heavy (non-hydrogen) atoms. The maximum atomic E-state index is 11.1. The zero-order valence-electron chi connectivity index (χ0n) is 9.31. The van der Waals surface area contributed by atoms with Gasteiger partial charge in [-0.1, -0.05) is 19.1 Å². The molecule has 4 nitrogen and oxygen atoms in total. The number of benzene rings is 1. The van der Waals surface area contributed by atoms with Gasteiger partial charge in [-0.15, -0.1) is 0 Å². The van der Waals surface area contributed by atoms with E-state index in [1.54, 1.807) is 0 Å². The summed E-state index contributed by atoms with van der Waals surface area (Å²) in [5.74, 6) is 0.0874. The maximum Gasteiger partial charge on any atom is 0.219 e. The van der Waals surface area contributed by atoms with Gasteiger partial charge in [0.25, 0.3) is 0 Å². The number of hydrogen-bond donors (Lipinski definition) is 1. The van der Waals surface area contributed by atoms with Gasteiger partial charge in [0, 0.05) is 19.5 Å². The molecule has 1 amide bonds. The molecule has 0 aliphatic carbocycles. The van der Waals surface area contributed by atoms with E-state index in [0.29, 0.717) is 13.0 Å². The molecule has 0 aliphatic heterocycles. The second-order valence-electron chi connectivity index (χ2n) is 3.63. The van der Waals surface area contributed by atoms with Gasteiger partial charge in [0.1, 0.15) is 0 Å². The summed E-state index contributed by atoms with van der Waals surface area (Å²) in [5, 5.41) is 2.85. The fourth-order valence-corrected chi connectivity index (χ4v) is 1.63. The number of rotatable bonds is 4. The average molecular weight is 217 g/mol. The predicted molar refractivity (Wildman–Crippen MR) is 63.0 cm³/mol. The van der Waals surface area contributed by atoms with Crippen molar-refractivity contribution in [2.75, 3.05) is 6.54 Å². The van der Waals surface area contributed by atoms with E-state index in [2.05, 4.69) is 10.3 Å². The van der Waals surface area contributed by atoms with E-state index in [1.165, 1.54) is 0 Å². The summed E-state index contributed by atoms with van der Waals surface area (Å²) in [5.41, 5.74) is 2.09. The van der Waals surface area contributed by atoms with Crippen molar-refractivity contribution in [2.24, 2.45) is 0 Å². The molecule has 0 spiro atoms. The predicted octanol–water partition coefficient (Wildman–Crippen LogP) is 1.56. The molecule has 0 fully saturated rings. The van der Waals surface area contributed by atoms with Gasteiger partial charge in [0.05, 0.1) is 17.4 Å². The molecule has 1 N–H and O–H groups in total. The highest BCUT2D eigenvalue weighted by Gasteiger charge is 2.01. The highest BCUT2D eigenvalue weighted by molar-refractivity contribution is 5.76. The molecule has 84 valence electrons. The Kier molecular flexibility index (Phi) is 3.19. The number of fused-ring (bicyclic) bond motifs is 1. The average Bonchev–Trinajstić information content (AvgIpc) is 2.73. The van der Waals surface area contributed by atoms with Crippen LogP contribution in [0.5, 0.6) is 0 Å². The minimum Gasteiger partial charge on any atom is -0.354 e. The Morgan fingerprint density at radius 1 is 1.44 bits per heavy atom. The van der Waals surface area contributed by atoms with Crippen LogP contribution in [0.4, 0.5) is 0 Å². The molecule has 0 bridgehead atoms. The molecule has 2 aromatic rings. The van der Waals surface area contributed by atoms with Gasteiger partial charge in [-0.25, -0.2) is 4.98 Å². The number of amides is 1. The zero-order valence-corrected chi connectivity index (χ0v) is 9.31. The van der Waals surface area contributed by atoms with E-state index in [1.807, 2.05) is 42.1 Å². The summed E-state index contributed by atoms with van der Waals surface area (Å²) in [6.07, 6.45) is 2.34. The van der Waals surface area contributed by atoms with Crippen LogP contribution in [0.2, 0.25) is 0 Å². The lowest BCUT2D eigenvalue weighted by molar-refractivity contribution is -0.120. The van der Waals surface area contributed by atoms with E-state index >= 15 is 0 Å². The third-order valence-corrected chi connectivity index (χ3v) is 2.52. The maximum absolute atomic E-state index is 11.1. The van der Waals surface area contributed by atoms with E-state index in [4.69, 9.17) is 0 Å². The number of carbonyl (C=O) groups excluding carboxylic acids is 1. The van der Waals surface area contributed by atoms with Crippen LogP contribution < -0.4 is 5.32 Å². The van der Waals surface area contributed by atoms with Gasteiger partial charge >= 0.3 is 0 Å². The molecule has 1 heterocycles. The van der Waals surface area contributed by atoms with Crippen molar-refractivity contribution >= 4 is 16.9 Å². The lowest BCUT2D eigenvalue weighted by atomic mass is 10.3. The number of imidazole rings is 1. The summed E-state index contributed by atoms with van der Waals surface area (Å²) < 4.78 is 2.05. The Bertz CT molecular complexity index is 490. The second-order valence-corrected chi connectivity index (χ2v) is 3.63. The number of carbonyl (C=O) groups is 1. The second kappa shape index (κ2) is 4.79. The van der Waals surface area contributed by atoms with Crippen molar-refractivity contribution in [3.63, 3.8) is 0 Å². The van der Waals surface area contributed by atoms with Gasteiger partial charge in [-0.3, -0.25) is 4.79 Å². The van der Waals surface area contributed by atoms with Crippen molar-refractivity contribution in [1.82, 2.24) is 14.9 Å². The molecular formula is C12H15N3O. The Hall–Kier alpha value is -1.84. The molecule has 1 aromatic carbocycles. The normalized spacial score (nSPS) is 10.6. The summed E-state index contributed by atoms with van der Waals surface area (Å²) >= 11 is 0. The van der Waals surface area contributed by atoms with Crippen LogP contribution in [0, 0.1) is 0 Å². The van der Waals surface area contributed by atoms with Crippen LogP contribution >= 0.6 is 0 Å². The first-order valence-electron chi connectivity index (χ1n) is 5.48. The van der Waals surface area contributed by atoms with Crippen molar-refractivity contribution in [3.05, 3.63) is 30.6 Å². The monoisotopic (exact) mass is 217 g/mol. The smallest absolute Gasteiger partial charge is 0.219 e. The molecule has 0 atom stereocenters. The van der Waals surface area contributed by atoms with Crippen LogP contribution in [-0.2, 0) is 11.3 Å². The lowest BCUT2D eigenvalue weighted by Gasteiger charge is -2.05.